The maximum absolute atomic E-state index is 12.1. The van der Waals surface area contributed by atoms with Gasteiger partial charge < -0.3 is 10.4 Å². The molecule has 1 aromatic heterocycles. The normalized spacial score (nSPS) is 28.4. The van der Waals surface area contributed by atoms with Gasteiger partial charge in [0, 0.05) is 12.6 Å². The van der Waals surface area contributed by atoms with Gasteiger partial charge in [-0.05, 0) is 42.5 Å². The topological polar surface area (TPSA) is 66.4 Å². The molecule has 2 rings (SSSR count). The molecule has 4 atom stereocenters. The molecule has 0 bridgehead atoms. The molecular weight excluding hydrogens is 306 g/mol. The van der Waals surface area contributed by atoms with E-state index in [2.05, 4.69) is 19.2 Å². The molecule has 21 heavy (non-hydrogen) atoms. The number of hydrogen-bond donors (Lipinski definition) is 2. The second-order valence-electron chi connectivity index (χ2n) is 6.24. The van der Waals surface area contributed by atoms with Gasteiger partial charge in [0.2, 0.25) is 0 Å². The molecule has 1 aromatic rings. The summed E-state index contributed by atoms with van der Waals surface area (Å²) in [6.45, 7) is 4.88. The van der Waals surface area contributed by atoms with Crippen LogP contribution < -0.4 is 5.32 Å². The maximum atomic E-state index is 12.1. The Kier molecular flexibility index (Phi) is 5.82. The van der Waals surface area contributed by atoms with Crippen molar-refractivity contribution in [2.75, 3.05) is 12.3 Å². The van der Waals surface area contributed by atoms with Crippen LogP contribution in [0.3, 0.4) is 0 Å². The Morgan fingerprint density at radius 3 is 2.76 bits per heavy atom. The van der Waals surface area contributed by atoms with E-state index in [9.17, 15) is 13.5 Å². The van der Waals surface area contributed by atoms with E-state index in [1.807, 2.05) is 0 Å². The van der Waals surface area contributed by atoms with Crippen LogP contribution in [0.1, 0.15) is 33.1 Å². The summed E-state index contributed by atoms with van der Waals surface area (Å²) in [5.41, 5.74) is 0. The molecule has 0 saturated heterocycles. The van der Waals surface area contributed by atoms with Gasteiger partial charge in [-0.25, -0.2) is 8.42 Å². The van der Waals surface area contributed by atoms with Crippen molar-refractivity contribution in [1.82, 2.24) is 5.32 Å². The third-order valence-electron chi connectivity index (χ3n) is 4.45. The molecule has 1 fully saturated rings. The van der Waals surface area contributed by atoms with Gasteiger partial charge in [-0.2, -0.15) is 0 Å². The van der Waals surface area contributed by atoms with Gasteiger partial charge in [0.05, 0.1) is 11.9 Å². The summed E-state index contributed by atoms with van der Waals surface area (Å²) in [6.07, 6.45) is 2.55. The zero-order chi connectivity index (χ0) is 15.5. The number of aliphatic hydroxyl groups excluding tert-OH is 1. The molecule has 4 unspecified atom stereocenters. The Bertz CT molecular complexity index is 527. The fourth-order valence-corrected chi connectivity index (χ4v) is 5.35. The van der Waals surface area contributed by atoms with Crippen LogP contribution in [-0.2, 0) is 9.84 Å². The summed E-state index contributed by atoms with van der Waals surface area (Å²) in [6, 6.07) is 3.70. The molecule has 6 heteroatoms. The molecule has 4 nitrogen and oxygen atoms in total. The van der Waals surface area contributed by atoms with Gasteiger partial charge >= 0.3 is 0 Å². The summed E-state index contributed by atoms with van der Waals surface area (Å²) in [4.78, 5) is 0. The lowest BCUT2D eigenvalue weighted by atomic mass is 9.79. The van der Waals surface area contributed by atoms with E-state index in [1.165, 1.54) is 17.8 Å². The molecular formula is C15H25NO3S2. The quantitative estimate of drug-likeness (QED) is 0.839. The number of thiophene rings is 1. The van der Waals surface area contributed by atoms with Crippen LogP contribution in [0.4, 0.5) is 0 Å². The van der Waals surface area contributed by atoms with E-state index in [4.69, 9.17) is 0 Å². The number of aliphatic hydroxyl groups is 1. The van der Waals surface area contributed by atoms with Crippen molar-refractivity contribution < 1.29 is 13.5 Å². The standard InChI is InChI=1S/C15H25NO3S2/c1-11-5-6-13(8-12(11)2)16-9-14(17)10-21(18,19)15-4-3-7-20-15/h3-4,7,11-14,16-17H,5-6,8-10H2,1-2H3. The zero-order valence-corrected chi connectivity index (χ0v) is 14.3. The van der Waals surface area contributed by atoms with Gasteiger partial charge in [0.15, 0.2) is 9.84 Å². The van der Waals surface area contributed by atoms with Gasteiger partial charge in [-0.3, -0.25) is 0 Å². The molecule has 1 aliphatic rings. The average molecular weight is 332 g/mol. The van der Waals surface area contributed by atoms with Crippen LogP contribution in [0.2, 0.25) is 0 Å². The largest absolute Gasteiger partial charge is 0.391 e. The highest BCUT2D eigenvalue weighted by atomic mass is 32.2. The summed E-state index contributed by atoms with van der Waals surface area (Å²) in [7, 11) is -3.36. The van der Waals surface area contributed by atoms with E-state index >= 15 is 0 Å². The molecule has 0 aromatic carbocycles. The second-order valence-corrected chi connectivity index (χ2v) is 9.45. The first-order chi connectivity index (χ1) is 9.88. The first-order valence-corrected chi connectivity index (χ1v) is 10.1. The van der Waals surface area contributed by atoms with E-state index in [-0.39, 0.29) is 5.75 Å². The minimum atomic E-state index is -3.36. The lowest BCUT2D eigenvalue weighted by molar-refractivity contribution is 0.168. The minimum Gasteiger partial charge on any atom is -0.391 e. The molecule has 2 N–H and O–H groups in total. The number of sulfone groups is 1. The first-order valence-electron chi connectivity index (χ1n) is 7.56. The maximum Gasteiger partial charge on any atom is 0.190 e. The minimum absolute atomic E-state index is 0.209. The van der Waals surface area contributed by atoms with E-state index in [0.717, 1.165) is 18.8 Å². The Morgan fingerprint density at radius 2 is 2.14 bits per heavy atom. The molecule has 1 aliphatic carbocycles. The molecule has 0 spiro atoms. The summed E-state index contributed by atoms with van der Waals surface area (Å²) in [5.74, 6) is 1.23. The molecule has 0 amide bonds. The Labute approximate surface area is 131 Å². The third-order valence-corrected chi connectivity index (χ3v) is 7.74. The fraction of sp³-hybridized carbons (Fsp3) is 0.733. The van der Waals surface area contributed by atoms with Gasteiger partial charge in [-0.1, -0.05) is 19.9 Å². The van der Waals surface area contributed by atoms with Crippen molar-refractivity contribution in [2.45, 2.75) is 49.5 Å². The highest BCUT2D eigenvalue weighted by Gasteiger charge is 2.26. The number of rotatable bonds is 6. The lowest BCUT2D eigenvalue weighted by Gasteiger charge is -2.33. The third kappa shape index (κ3) is 4.77. The molecule has 0 radical (unpaired) electrons. The Balaban J connectivity index is 1.79. The predicted molar refractivity (Wildman–Crippen MR) is 86.3 cm³/mol. The van der Waals surface area contributed by atoms with Crippen LogP contribution in [-0.4, -0.2) is 38.0 Å². The highest BCUT2D eigenvalue weighted by Crippen LogP contribution is 2.29. The van der Waals surface area contributed by atoms with Crippen LogP contribution in [0, 0.1) is 11.8 Å². The number of hydrogen-bond acceptors (Lipinski definition) is 5. The first kappa shape index (κ1) is 16.9. The second kappa shape index (κ2) is 7.22. The van der Waals surface area contributed by atoms with Crippen molar-refractivity contribution in [1.29, 1.82) is 0 Å². The molecule has 1 saturated carbocycles. The molecule has 0 aliphatic heterocycles. The highest BCUT2D eigenvalue weighted by molar-refractivity contribution is 7.93. The van der Waals surface area contributed by atoms with Crippen LogP contribution in [0.25, 0.3) is 0 Å². The molecule has 120 valence electrons. The Morgan fingerprint density at radius 1 is 1.38 bits per heavy atom. The average Bonchev–Trinajstić information content (AvgIpc) is 2.94. The van der Waals surface area contributed by atoms with Crippen LogP contribution >= 0.6 is 11.3 Å². The van der Waals surface area contributed by atoms with Crippen molar-refractivity contribution in [3.05, 3.63) is 17.5 Å². The number of nitrogens with one attached hydrogen (secondary N) is 1. The van der Waals surface area contributed by atoms with Crippen molar-refractivity contribution in [3.8, 4) is 0 Å². The zero-order valence-electron chi connectivity index (χ0n) is 12.7. The van der Waals surface area contributed by atoms with Crippen LogP contribution in [0.5, 0.6) is 0 Å². The lowest BCUT2D eigenvalue weighted by Crippen LogP contribution is -2.41. The molecule has 1 heterocycles. The van der Waals surface area contributed by atoms with Gasteiger partial charge in [0.25, 0.3) is 0 Å². The summed E-state index contributed by atoms with van der Waals surface area (Å²) >= 11 is 1.20. The SMILES string of the molecule is CC1CCC(NCC(O)CS(=O)(=O)c2cccs2)CC1C. The smallest absolute Gasteiger partial charge is 0.190 e. The van der Waals surface area contributed by atoms with Gasteiger partial charge in [-0.15, -0.1) is 11.3 Å². The van der Waals surface area contributed by atoms with Crippen LogP contribution in [0.15, 0.2) is 21.7 Å². The summed E-state index contributed by atoms with van der Waals surface area (Å²) in [5, 5.41) is 15.1. The Hall–Kier alpha value is -0.430. The van der Waals surface area contributed by atoms with E-state index < -0.39 is 15.9 Å². The van der Waals surface area contributed by atoms with Crippen molar-refractivity contribution >= 4 is 21.2 Å². The van der Waals surface area contributed by atoms with E-state index in [1.54, 1.807) is 17.5 Å². The summed E-state index contributed by atoms with van der Waals surface area (Å²) < 4.78 is 24.5. The van der Waals surface area contributed by atoms with Crippen molar-refractivity contribution in [3.63, 3.8) is 0 Å². The van der Waals surface area contributed by atoms with Crippen molar-refractivity contribution in [2.24, 2.45) is 11.8 Å². The van der Waals surface area contributed by atoms with E-state index in [0.29, 0.717) is 22.7 Å². The predicted octanol–water partition coefficient (Wildman–Crippen LogP) is 2.30. The fourth-order valence-electron chi connectivity index (χ4n) is 2.87. The van der Waals surface area contributed by atoms with Gasteiger partial charge in [0.1, 0.15) is 4.21 Å². The monoisotopic (exact) mass is 331 g/mol.